The van der Waals surface area contributed by atoms with Crippen LogP contribution in [-0.2, 0) is 4.74 Å². The van der Waals surface area contributed by atoms with Gasteiger partial charge < -0.3 is 15.2 Å². The van der Waals surface area contributed by atoms with Crippen molar-refractivity contribution in [3.05, 3.63) is 0 Å². The molecule has 0 rings (SSSR count). The first-order valence-corrected chi connectivity index (χ1v) is 6.23. The molecule has 6 heteroatoms. The van der Waals surface area contributed by atoms with Crippen LogP contribution in [0.15, 0.2) is 0 Å². The number of nitrogens with one attached hydrogen (secondary N) is 2. The van der Waals surface area contributed by atoms with E-state index in [4.69, 9.17) is 10.6 Å². The molecule has 0 aromatic rings. The summed E-state index contributed by atoms with van der Waals surface area (Å²) in [6, 6.07) is 0.550. The smallest absolute Gasteiger partial charge is 0.213 e. The number of hydrogen-bond acceptors (Lipinski definition) is 6. The molecule has 0 aromatic carbocycles. The highest BCUT2D eigenvalue weighted by molar-refractivity contribution is 4.71. The highest BCUT2D eigenvalue weighted by atomic mass is 16.6. The van der Waals surface area contributed by atoms with E-state index in [1.165, 1.54) is 7.11 Å². The first kappa shape index (κ1) is 16.8. The lowest BCUT2D eigenvalue weighted by Gasteiger charge is -2.25. The van der Waals surface area contributed by atoms with Gasteiger partial charge in [-0.05, 0) is 19.8 Å². The van der Waals surface area contributed by atoms with Gasteiger partial charge in [0.2, 0.25) is 6.41 Å². The lowest BCUT2D eigenvalue weighted by atomic mass is 10.1. The summed E-state index contributed by atoms with van der Waals surface area (Å²) in [5, 5.41) is 17.4. The van der Waals surface area contributed by atoms with E-state index in [1.54, 1.807) is 5.01 Å². The molecule has 3 atom stereocenters. The highest BCUT2D eigenvalue weighted by Gasteiger charge is 2.14. The fraction of sp³-hybridized carbons (Fsp3) is 1.00. The van der Waals surface area contributed by atoms with Gasteiger partial charge in [0.25, 0.3) is 0 Å². The van der Waals surface area contributed by atoms with E-state index in [0.717, 1.165) is 19.4 Å². The van der Waals surface area contributed by atoms with Gasteiger partial charge in [-0.25, -0.2) is 5.01 Å². The summed E-state index contributed by atoms with van der Waals surface area (Å²) in [6.45, 7) is 7.68. The van der Waals surface area contributed by atoms with Crippen LogP contribution in [0, 0.1) is 0 Å². The number of aliphatic hydroxyl groups excluding tert-OH is 1. The van der Waals surface area contributed by atoms with Crippen molar-refractivity contribution in [2.75, 3.05) is 20.3 Å². The van der Waals surface area contributed by atoms with Gasteiger partial charge in [-0.2, -0.15) is 0 Å². The van der Waals surface area contributed by atoms with Crippen LogP contribution in [0.5, 0.6) is 0 Å². The average molecular weight is 248 g/mol. The second-order valence-corrected chi connectivity index (χ2v) is 4.26. The molecule has 0 heterocycles. The minimum Gasteiger partial charge on any atom is -0.356 e. The van der Waals surface area contributed by atoms with Gasteiger partial charge in [0.15, 0.2) is 0 Å². The largest absolute Gasteiger partial charge is 0.356 e. The molecule has 0 amide bonds. The lowest BCUT2D eigenvalue weighted by Crippen LogP contribution is -2.46. The molecule has 0 fully saturated rings. The van der Waals surface area contributed by atoms with Crippen LogP contribution < -0.4 is 16.5 Å². The number of methoxy groups -OCH3 is 1. The second-order valence-electron chi connectivity index (χ2n) is 4.26. The third kappa shape index (κ3) is 8.48. The maximum absolute atomic E-state index is 9.35. The number of rotatable bonds is 10. The van der Waals surface area contributed by atoms with E-state index in [1.807, 2.05) is 6.92 Å². The van der Waals surface area contributed by atoms with Gasteiger partial charge in [0, 0.05) is 25.7 Å². The summed E-state index contributed by atoms with van der Waals surface area (Å²) >= 11 is 0. The van der Waals surface area contributed by atoms with Crippen molar-refractivity contribution in [1.82, 2.24) is 15.6 Å². The number of aliphatic hydroxyl groups is 1. The molecule has 104 valence electrons. The van der Waals surface area contributed by atoms with Gasteiger partial charge in [-0.1, -0.05) is 13.8 Å². The molecule has 3 unspecified atom stereocenters. The van der Waals surface area contributed by atoms with E-state index in [9.17, 15) is 5.11 Å². The molecule has 0 spiro atoms. The molecular weight excluding hydrogens is 220 g/mol. The fourth-order valence-electron chi connectivity index (χ4n) is 1.52. The Kier molecular flexibility index (Phi) is 9.62. The van der Waals surface area contributed by atoms with E-state index < -0.39 is 6.41 Å². The summed E-state index contributed by atoms with van der Waals surface area (Å²) < 4.78 is 4.78. The van der Waals surface area contributed by atoms with Crippen molar-refractivity contribution in [3.8, 4) is 0 Å². The predicted octanol–water partition coefficient (Wildman–Crippen LogP) is -0.202. The molecule has 6 nitrogen and oxygen atoms in total. The van der Waals surface area contributed by atoms with Crippen molar-refractivity contribution in [1.29, 1.82) is 0 Å². The van der Waals surface area contributed by atoms with Crippen LogP contribution in [0.2, 0.25) is 0 Å². The highest BCUT2D eigenvalue weighted by Crippen LogP contribution is 2.03. The number of hydrogen-bond donors (Lipinski definition) is 4. The van der Waals surface area contributed by atoms with Crippen molar-refractivity contribution in [2.45, 2.75) is 52.1 Å². The van der Waals surface area contributed by atoms with Gasteiger partial charge in [-0.15, -0.1) is 0 Å². The van der Waals surface area contributed by atoms with Crippen LogP contribution in [0.4, 0.5) is 0 Å². The third-order valence-electron chi connectivity index (χ3n) is 2.78. The van der Waals surface area contributed by atoms with Crippen molar-refractivity contribution in [2.24, 2.45) is 5.84 Å². The average Bonchev–Trinajstić information content (AvgIpc) is 2.34. The fourth-order valence-corrected chi connectivity index (χ4v) is 1.52. The molecule has 0 saturated heterocycles. The molecule has 0 bridgehead atoms. The Labute approximate surface area is 104 Å². The van der Waals surface area contributed by atoms with Gasteiger partial charge in [0.1, 0.15) is 0 Å². The van der Waals surface area contributed by atoms with Crippen LogP contribution in [0.3, 0.4) is 0 Å². The Morgan fingerprint density at radius 3 is 2.53 bits per heavy atom. The lowest BCUT2D eigenvalue weighted by molar-refractivity contribution is -0.104. The summed E-state index contributed by atoms with van der Waals surface area (Å²) in [4.78, 5) is 0. The van der Waals surface area contributed by atoms with E-state index in [-0.39, 0.29) is 6.04 Å². The van der Waals surface area contributed by atoms with Crippen LogP contribution >= 0.6 is 0 Å². The third-order valence-corrected chi connectivity index (χ3v) is 2.78. The maximum atomic E-state index is 9.35. The van der Waals surface area contributed by atoms with Gasteiger partial charge in [0.05, 0.1) is 6.67 Å². The molecule has 17 heavy (non-hydrogen) atoms. The van der Waals surface area contributed by atoms with E-state index in [0.29, 0.717) is 12.7 Å². The van der Waals surface area contributed by atoms with Crippen LogP contribution in [-0.4, -0.2) is 48.9 Å². The molecule has 0 saturated carbocycles. The Morgan fingerprint density at radius 1 is 1.41 bits per heavy atom. The molecule has 0 aliphatic rings. The monoisotopic (exact) mass is 248 g/mol. The zero-order valence-corrected chi connectivity index (χ0v) is 11.4. The van der Waals surface area contributed by atoms with Crippen molar-refractivity contribution < 1.29 is 9.84 Å². The zero-order valence-electron chi connectivity index (χ0n) is 11.4. The predicted molar refractivity (Wildman–Crippen MR) is 68.9 cm³/mol. The SMILES string of the molecule is CCC(CC(C)NCN(N)CC)NC(O)OC. The summed E-state index contributed by atoms with van der Waals surface area (Å²) in [5.41, 5.74) is 0. The minimum atomic E-state index is -0.895. The first-order valence-electron chi connectivity index (χ1n) is 6.23. The van der Waals surface area contributed by atoms with E-state index >= 15 is 0 Å². The van der Waals surface area contributed by atoms with Crippen LogP contribution in [0.25, 0.3) is 0 Å². The molecule has 0 radical (unpaired) electrons. The minimum absolute atomic E-state index is 0.223. The maximum Gasteiger partial charge on any atom is 0.213 e. The standard InChI is InChI=1S/C11H28N4O2/c1-5-10(14-11(16)17-4)7-9(3)13-8-15(12)6-2/h9-11,13-14,16H,5-8,12H2,1-4H3. The summed E-state index contributed by atoms with van der Waals surface area (Å²) in [5.74, 6) is 5.68. The Hall–Kier alpha value is -0.240. The quantitative estimate of drug-likeness (QED) is 0.243. The van der Waals surface area contributed by atoms with Gasteiger partial charge >= 0.3 is 0 Å². The molecule has 5 N–H and O–H groups in total. The Balaban J connectivity index is 3.85. The van der Waals surface area contributed by atoms with Crippen molar-refractivity contribution in [3.63, 3.8) is 0 Å². The number of ether oxygens (including phenoxy) is 1. The molecular formula is C11H28N4O2. The number of nitrogens with two attached hydrogens (primary N) is 1. The van der Waals surface area contributed by atoms with Crippen LogP contribution in [0.1, 0.15) is 33.6 Å². The molecule has 0 aromatic heterocycles. The Morgan fingerprint density at radius 2 is 2.06 bits per heavy atom. The van der Waals surface area contributed by atoms with E-state index in [2.05, 4.69) is 24.5 Å². The van der Waals surface area contributed by atoms with Crippen molar-refractivity contribution >= 4 is 0 Å². The zero-order chi connectivity index (χ0) is 13.3. The summed E-state index contributed by atoms with van der Waals surface area (Å²) in [6.07, 6.45) is 0.954. The molecule has 0 aliphatic carbocycles. The summed E-state index contributed by atoms with van der Waals surface area (Å²) in [7, 11) is 1.47. The Bertz CT molecular complexity index is 183. The second kappa shape index (κ2) is 9.76. The van der Waals surface area contributed by atoms with Gasteiger partial charge in [-0.3, -0.25) is 11.2 Å². The first-order chi connectivity index (χ1) is 8.03. The topological polar surface area (TPSA) is 82.8 Å². The number of hydrazine groups is 1. The normalized spacial score (nSPS) is 17.1. The number of nitrogens with zero attached hydrogens (tertiary/aromatic N) is 1. The molecule has 0 aliphatic heterocycles.